The molecule has 0 radical (unpaired) electrons. The summed E-state index contributed by atoms with van der Waals surface area (Å²) >= 11 is 0. The molecule has 0 saturated carbocycles. The van der Waals surface area contributed by atoms with E-state index in [4.69, 9.17) is 0 Å². The van der Waals surface area contributed by atoms with E-state index < -0.39 is 11.6 Å². The zero-order valence-electron chi connectivity index (χ0n) is 11.7. The molecule has 6 heteroatoms. The first kappa shape index (κ1) is 16.9. The number of nitrogens with one attached hydrogen (secondary N) is 1. The Morgan fingerprint density at radius 2 is 1.95 bits per heavy atom. The van der Waals surface area contributed by atoms with E-state index in [1.807, 2.05) is 13.8 Å². The van der Waals surface area contributed by atoms with Gasteiger partial charge >= 0.3 is 0 Å². The van der Waals surface area contributed by atoms with Crippen molar-refractivity contribution in [3.8, 4) is 0 Å². The Balaban J connectivity index is 0.00000200. The van der Waals surface area contributed by atoms with Gasteiger partial charge in [0, 0.05) is 31.2 Å². The van der Waals surface area contributed by atoms with Crippen molar-refractivity contribution < 1.29 is 13.6 Å². The highest BCUT2D eigenvalue weighted by molar-refractivity contribution is 5.95. The van der Waals surface area contributed by atoms with Crippen LogP contribution < -0.4 is 5.32 Å². The van der Waals surface area contributed by atoms with Crippen molar-refractivity contribution in [1.29, 1.82) is 0 Å². The summed E-state index contributed by atoms with van der Waals surface area (Å²) in [6, 6.07) is 2.23. The van der Waals surface area contributed by atoms with E-state index in [1.165, 1.54) is 13.0 Å². The van der Waals surface area contributed by atoms with Gasteiger partial charge in [-0.2, -0.15) is 0 Å². The minimum Gasteiger partial charge on any atom is -0.333 e. The molecular weight excluding hydrogens is 286 g/mol. The van der Waals surface area contributed by atoms with Crippen LogP contribution in [0.3, 0.4) is 0 Å². The first-order chi connectivity index (χ1) is 8.90. The summed E-state index contributed by atoms with van der Waals surface area (Å²) in [5.41, 5.74) is 0.223. The number of hydrogen-bond acceptors (Lipinski definition) is 2. The average molecular weight is 305 g/mol. The molecule has 1 N–H and O–H groups in total. The second-order valence-electron chi connectivity index (χ2n) is 5.20. The standard InChI is InChI=1S/C14H18F2N2O.ClH/c1-8-4-11(13(16)5-12(8)15)14(19)18-7-9(2)17-6-10(18)3;/h4-5,9-10,17H,6-7H2,1-3H3;1H. The highest BCUT2D eigenvalue weighted by Crippen LogP contribution is 2.18. The Labute approximate surface area is 123 Å². The number of rotatable bonds is 1. The molecule has 2 rings (SSSR count). The molecule has 1 aromatic rings. The number of aryl methyl sites for hydroxylation is 1. The minimum absolute atomic E-state index is 0. The second-order valence-corrected chi connectivity index (χ2v) is 5.20. The predicted molar refractivity (Wildman–Crippen MR) is 76.3 cm³/mol. The van der Waals surface area contributed by atoms with E-state index in [0.29, 0.717) is 13.1 Å². The van der Waals surface area contributed by atoms with Gasteiger partial charge in [-0.15, -0.1) is 12.4 Å². The van der Waals surface area contributed by atoms with Crippen LogP contribution in [0.2, 0.25) is 0 Å². The lowest BCUT2D eigenvalue weighted by Crippen LogP contribution is -2.56. The van der Waals surface area contributed by atoms with Gasteiger partial charge in [0.1, 0.15) is 11.6 Å². The fourth-order valence-corrected chi connectivity index (χ4v) is 2.28. The van der Waals surface area contributed by atoms with Gasteiger partial charge in [0.2, 0.25) is 0 Å². The van der Waals surface area contributed by atoms with E-state index in [9.17, 15) is 13.6 Å². The SMILES string of the molecule is Cc1cc(C(=O)N2CC(C)NCC2C)c(F)cc1F.Cl. The molecule has 2 unspecified atom stereocenters. The second kappa shape index (κ2) is 6.50. The van der Waals surface area contributed by atoms with E-state index in [-0.39, 0.29) is 41.5 Å². The Hall–Kier alpha value is -1.20. The molecule has 1 amide bonds. The number of carbonyl (C=O) groups is 1. The van der Waals surface area contributed by atoms with Crippen molar-refractivity contribution in [2.24, 2.45) is 0 Å². The lowest BCUT2D eigenvalue weighted by molar-refractivity contribution is 0.0611. The number of benzene rings is 1. The third kappa shape index (κ3) is 3.27. The van der Waals surface area contributed by atoms with Crippen molar-refractivity contribution in [2.75, 3.05) is 13.1 Å². The summed E-state index contributed by atoms with van der Waals surface area (Å²) in [6.45, 7) is 6.60. The van der Waals surface area contributed by atoms with E-state index >= 15 is 0 Å². The van der Waals surface area contributed by atoms with Gasteiger partial charge < -0.3 is 10.2 Å². The van der Waals surface area contributed by atoms with Gasteiger partial charge in [0.05, 0.1) is 5.56 Å². The van der Waals surface area contributed by atoms with Crippen LogP contribution in [0.25, 0.3) is 0 Å². The van der Waals surface area contributed by atoms with Crippen LogP contribution in [0, 0.1) is 18.6 Å². The molecule has 1 saturated heterocycles. The van der Waals surface area contributed by atoms with Crippen LogP contribution in [-0.2, 0) is 0 Å². The Bertz CT molecular complexity index is 510. The zero-order valence-corrected chi connectivity index (χ0v) is 12.6. The summed E-state index contributed by atoms with van der Waals surface area (Å²) < 4.78 is 27.0. The maximum Gasteiger partial charge on any atom is 0.257 e. The number of amides is 1. The monoisotopic (exact) mass is 304 g/mol. The number of nitrogens with zero attached hydrogens (tertiary/aromatic N) is 1. The summed E-state index contributed by atoms with van der Waals surface area (Å²) in [7, 11) is 0. The van der Waals surface area contributed by atoms with E-state index in [1.54, 1.807) is 4.90 Å². The molecule has 20 heavy (non-hydrogen) atoms. The first-order valence-corrected chi connectivity index (χ1v) is 6.40. The third-order valence-electron chi connectivity index (χ3n) is 3.50. The molecule has 0 spiro atoms. The molecule has 1 aliphatic rings. The summed E-state index contributed by atoms with van der Waals surface area (Å²) in [6.07, 6.45) is 0. The summed E-state index contributed by atoms with van der Waals surface area (Å²) in [4.78, 5) is 14.0. The number of piperazine rings is 1. The number of halogens is 3. The topological polar surface area (TPSA) is 32.3 Å². The zero-order chi connectivity index (χ0) is 14.2. The molecule has 0 aliphatic carbocycles. The molecule has 1 aliphatic heterocycles. The van der Waals surface area contributed by atoms with Gasteiger partial charge in [-0.25, -0.2) is 8.78 Å². The molecule has 3 nitrogen and oxygen atoms in total. The van der Waals surface area contributed by atoms with Crippen LogP contribution in [-0.4, -0.2) is 36.0 Å². The number of hydrogen-bond donors (Lipinski definition) is 1. The molecule has 1 fully saturated rings. The van der Waals surface area contributed by atoms with E-state index in [0.717, 1.165) is 6.07 Å². The molecule has 0 aromatic heterocycles. The average Bonchev–Trinajstić information content (AvgIpc) is 2.36. The summed E-state index contributed by atoms with van der Waals surface area (Å²) in [5.74, 6) is -1.80. The van der Waals surface area contributed by atoms with Crippen molar-refractivity contribution >= 4 is 18.3 Å². The highest BCUT2D eigenvalue weighted by atomic mass is 35.5. The van der Waals surface area contributed by atoms with Crippen molar-refractivity contribution in [3.05, 3.63) is 34.9 Å². The van der Waals surface area contributed by atoms with Crippen LogP contribution >= 0.6 is 12.4 Å². The summed E-state index contributed by atoms with van der Waals surface area (Å²) in [5, 5.41) is 3.26. The van der Waals surface area contributed by atoms with Gasteiger partial charge in [-0.1, -0.05) is 0 Å². The van der Waals surface area contributed by atoms with Crippen molar-refractivity contribution in [1.82, 2.24) is 10.2 Å². The van der Waals surface area contributed by atoms with Crippen molar-refractivity contribution in [3.63, 3.8) is 0 Å². The lowest BCUT2D eigenvalue weighted by Gasteiger charge is -2.37. The molecule has 112 valence electrons. The fraction of sp³-hybridized carbons (Fsp3) is 0.500. The van der Waals surface area contributed by atoms with Gasteiger partial charge in [0.25, 0.3) is 5.91 Å². The third-order valence-corrected chi connectivity index (χ3v) is 3.50. The molecule has 2 atom stereocenters. The minimum atomic E-state index is -0.800. The Morgan fingerprint density at radius 1 is 1.30 bits per heavy atom. The van der Waals surface area contributed by atoms with Crippen molar-refractivity contribution in [2.45, 2.75) is 32.9 Å². The Morgan fingerprint density at radius 3 is 2.60 bits per heavy atom. The normalized spacial score (nSPS) is 22.4. The van der Waals surface area contributed by atoms with Crippen LogP contribution in [0.1, 0.15) is 29.8 Å². The highest BCUT2D eigenvalue weighted by Gasteiger charge is 2.29. The first-order valence-electron chi connectivity index (χ1n) is 6.40. The maximum atomic E-state index is 13.8. The molecule has 1 aromatic carbocycles. The molecule has 0 bridgehead atoms. The van der Waals surface area contributed by atoms with Gasteiger partial charge in [-0.05, 0) is 32.4 Å². The molecule has 1 heterocycles. The van der Waals surface area contributed by atoms with Crippen LogP contribution in [0.15, 0.2) is 12.1 Å². The largest absolute Gasteiger partial charge is 0.333 e. The Kier molecular flexibility index (Phi) is 5.48. The van der Waals surface area contributed by atoms with Gasteiger partial charge in [0.15, 0.2) is 0 Å². The smallest absolute Gasteiger partial charge is 0.257 e. The number of carbonyl (C=O) groups excluding carboxylic acids is 1. The van der Waals surface area contributed by atoms with Crippen LogP contribution in [0.4, 0.5) is 8.78 Å². The quantitative estimate of drug-likeness (QED) is 0.864. The molecular formula is C14H19ClF2N2O. The fourth-order valence-electron chi connectivity index (χ4n) is 2.28. The lowest BCUT2D eigenvalue weighted by atomic mass is 10.1. The van der Waals surface area contributed by atoms with Gasteiger partial charge in [-0.3, -0.25) is 4.79 Å². The maximum absolute atomic E-state index is 13.8. The van der Waals surface area contributed by atoms with E-state index in [2.05, 4.69) is 5.32 Å². The van der Waals surface area contributed by atoms with Crippen LogP contribution in [0.5, 0.6) is 0 Å². The predicted octanol–water partition coefficient (Wildman–Crippen LogP) is 2.52.